The van der Waals surface area contributed by atoms with Gasteiger partial charge in [-0.25, -0.2) is 0 Å². The molecule has 7 heteroatoms. The number of nitrogens with zero attached hydrogens (tertiary/aromatic N) is 3. The molecule has 7 nitrogen and oxygen atoms in total. The van der Waals surface area contributed by atoms with Crippen molar-refractivity contribution < 1.29 is 10.2 Å². The number of aliphatic imine (C=N–C) groups is 1. The first-order chi connectivity index (χ1) is 16.9. The molecule has 1 fully saturated rings. The van der Waals surface area contributed by atoms with Gasteiger partial charge in [0.1, 0.15) is 11.5 Å². The minimum Gasteiger partial charge on any atom is -0.508 e. The minimum absolute atomic E-state index is 0.237. The monoisotopic (exact) mass is 473 g/mol. The maximum Gasteiger partial charge on any atom is 0.128 e. The van der Waals surface area contributed by atoms with E-state index in [9.17, 15) is 10.2 Å². The van der Waals surface area contributed by atoms with E-state index in [0.29, 0.717) is 25.2 Å². The molecule has 0 amide bonds. The van der Waals surface area contributed by atoms with Gasteiger partial charge in [0, 0.05) is 74.9 Å². The molecule has 4 N–H and O–H groups in total. The van der Waals surface area contributed by atoms with Crippen LogP contribution in [-0.2, 0) is 19.6 Å². The van der Waals surface area contributed by atoms with E-state index in [1.54, 1.807) is 18.5 Å². The number of aromatic nitrogens is 1. The standard InChI is InChI=1S/C28H35N5O2/c1-21-13-23(15-32-28(2)19-29-11-12-30-20-28)27(35)24(14-21)17-33(18-25-8-5-6-10-31-25)16-22-7-3-4-9-26(22)34/h3-10,13-15,29-30,34-35H,11-12,16-20H2,1-2H3. The number of nitrogens with one attached hydrogen (secondary N) is 2. The molecule has 0 bridgehead atoms. The number of phenols is 2. The molecule has 1 saturated heterocycles. The van der Waals surface area contributed by atoms with Crippen molar-refractivity contribution in [2.45, 2.75) is 39.0 Å². The molecule has 0 unspecified atom stereocenters. The van der Waals surface area contributed by atoms with E-state index in [2.05, 4.69) is 27.4 Å². The summed E-state index contributed by atoms with van der Waals surface area (Å²) in [6.45, 7) is 9.17. The number of hydrogen-bond donors (Lipinski definition) is 4. The van der Waals surface area contributed by atoms with Crippen molar-refractivity contribution in [3.05, 3.63) is 88.7 Å². The van der Waals surface area contributed by atoms with Gasteiger partial charge in [-0.15, -0.1) is 0 Å². The molecule has 0 aliphatic carbocycles. The third kappa shape index (κ3) is 6.88. The zero-order chi connectivity index (χ0) is 24.7. The van der Waals surface area contributed by atoms with Crippen LogP contribution in [-0.4, -0.2) is 58.0 Å². The van der Waals surface area contributed by atoms with E-state index in [1.165, 1.54) is 0 Å². The van der Waals surface area contributed by atoms with E-state index in [-0.39, 0.29) is 17.0 Å². The fourth-order valence-electron chi connectivity index (χ4n) is 4.39. The van der Waals surface area contributed by atoms with Crippen molar-refractivity contribution in [2.75, 3.05) is 26.2 Å². The Morgan fingerprint density at radius 1 is 0.971 bits per heavy atom. The highest BCUT2D eigenvalue weighted by Crippen LogP contribution is 2.28. The second-order valence-corrected chi connectivity index (χ2v) is 9.57. The lowest BCUT2D eigenvalue weighted by Crippen LogP contribution is -2.40. The molecule has 4 rings (SSSR count). The predicted octanol–water partition coefficient (Wildman–Crippen LogP) is 3.37. The number of aromatic hydroxyl groups is 2. The van der Waals surface area contributed by atoms with E-state index in [4.69, 9.17) is 4.99 Å². The summed E-state index contributed by atoms with van der Waals surface area (Å²) < 4.78 is 0. The van der Waals surface area contributed by atoms with Crippen molar-refractivity contribution in [2.24, 2.45) is 4.99 Å². The fourth-order valence-corrected chi connectivity index (χ4v) is 4.39. The van der Waals surface area contributed by atoms with E-state index >= 15 is 0 Å². The molecule has 3 aromatic rings. The largest absolute Gasteiger partial charge is 0.508 e. The summed E-state index contributed by atoms with van der Waals surface area (Å²) in [6.07, 6.45) is 3.58. The van der Waals surface area contributed by atoms with Crippen molar-refractivity contribution in [1.82, 2.24) is 20.5 Å². The summed E-state index contributed by atoms with van der Waals surface area (Å²) in [5, 5.41) is 28.4. The van der Waals surface area contributed by atoms with Crippen LogP contribution in [0.2, 0.25) is 0 Å². The molecule has 1 aliphatic rings. The van der Waals surface area contributed by atoms with Gasteiger partial charge in [0.25, 0.3) is 0 Å². The SMILES string of the molecule is Cc1cc(C=NC2(C)CNCCNC2)c(O)c(CN(Cc2ccccn2)Cc2ccccc2O)c1. The predicted molar refractivity (Wildman–Crippen MR) is 140 cm³/mol. The lowest BCUT2D eigenvalue weighted by Gasteiger charge is -2.24. The Labute approximate surface area is 207 Å². The van der Waals surface area contributed by atoms with Crippen molar-refractivity contribution in [3.63, 3.8) is 0 Å². The zero-order valence-corrected chi connectivity index (χ0v) is 20.5. The number of benzene rings is 2. The van der Waals surface area contributed by atoms with Crippen LogP contribution in [0.4, 0.5) is 0 Å². The summed E-state index contributed by atoms with van der Waals surface area (Å²) in [6, 6.07) is 17.2. The van der Waals surface area contributed by atoms with Crippen LogP contribution >= 0.6 is 0 Å². The first kappa shape index (κ1) is 24.9. The van der Waals surface area contributed by atoms with Crippen LogP contribution in [0, 0.1) is 6.92 Å². The highest BCUT2D eigenvalue weighted by Gasteiger charge is 2.24. The molecule has 1 aliphatic heterocycles. The zero-order valence-electron chi connectivity index (χ0n) is 20.5. The molecule has 2 aromatic carbocycles. The lowest BCUT2D eigenvalue weighted by molar-refractivity contribution is 0.238. The van der Waals surface area contributed by atoms with Crippen molar-refractivity contribution >= 4 is 6.21 Å². The second-order valence-electron chi connectivity index (χ2n) is 9.57. The number of hydrogen-bond acceptors (Lipinski definition) is 7. The Kier molecular flexibility index (Phi) is 8.13. The van der Waals surface area contributed by atoms with Gasteiger partial charge in [-0.05, 0) is 43.7 Å². The first-order valence-electron chi connectivity index (χ1n) is 12.1. The van der Waals surface area contributed by atoms with E-state index < -0.39 is 0 Å². The average molecular weight is 474 g/mol. The topological polar surface area (TPSA) is 93.0 Å². The second kappa shape index (κ2) is 11.4. The molecule has 35 heavy (non-hydrogen) atoms. The highest BCUT2D eigenvalue weighted by atomic mass is 16.3. The molecule has 1 aromatic heterocycles. The molecule has 0 radical (unpaired) electrons. The molecule has 2 heterocycles. The Bertz CT molecular complexity index is 1140. The van der Waals surface area contributed by atoms with E-state index in [0.717, 1.165) is 48.6 Å². The van der Waals surface area contributed by atoms with Crippen LogP contribution in [0.3, 0.4) is 0 Å². The molecular weight excluding hydrogens is 438 g/mol. The van der Waals surface area contributed by atoms with E-state index in [1.807, 2.05) is 55.5 Å². The van der Waals surface area contributed by atoms with Crippen LogP contribution < -0.4 is 10.6 Å². The fraction of sp³-hybridized carbons (Fsp3) is 0.357. The van der Waals surface area contributed by atoms with Gasteiger partial charge in [0.2, 0.25) is 0 Å². The van der Waals surface area contributed by atoms with Gasteiger partial charge in [0.05, 0.1) is 11.2 Å². The summed E-state index contributed by atoms with van der Waals surface area (Å²) >= 11 is 0. The minimum atomic E-state index is -0.275. The average Bonchev–Trinajstić information content (AvgIpc) is 3.07. The summed E-state index contributed by atoms with van der Waals surface area (Å²) in [4.78, 5) is 11.5. The highest BCUT2D eigenvalue weighted by molar-refractivity contribution is 5.84. The third-order valence-electron chi connectivity index (χ3n) is 6.26. The maximum atomic E-state index is 11.2. The normalized spacial score (nSPS) is 16.0. The van der Waals surface area contributed by atoms with Crippen LogP contribution in [0.1, 0.15) is 34.9 Å². The summed E-state index contributed by atoms with van der Waals surface area (Å²) in [5.41, 5.74) is 4.08. The Morgan fingerprint density at radius 2 is 1.69 bits per heavy atom. The van der Waals surface area contributed by atoms with Gasteiger partial charge in [0.15, 0.2) is 0 Å². The smallest absolute Gasteiger partial charge is 0.128 e. The van der Waals surface area contributed by atoms with Crippen LogP contribution in [0.15, 0.2) is 65.8 Å². The first-order valence-corrected chi connectivity index (χ1v) is 12.1. The number of aryl methyl sites for hydroxylation is 1. The van der Waals surface area contributed by atoms with Crippen molar-refractivity contribution in [1.29, 1.82) is 0 Å². The molecule has 0 atom stereocenters. The number of para-hydroxylation sites is 1. The molecular formula is C28H35N5O2. The summed E-state index contributed by atoms with van der Waals surface area (Å²) in [7, 11) is 0. The lowest BCUT2D eigenvalue weighted by atomic mass is 10.0. The molecule has 0 spiro atoms. The maximum absolute atomic E-state index is 11.2. The summed E-state index contributed by atoms with van der Waals surface area (Å²) in [5.74, 6) is 0.500. The molecule has 0 saturated carbocycles. The van der Waals surface area contributed by atoms with Gasteiger partial charge in [-0.1, -0.05) is 30.3 Å². The van der Waals surface area contributed by atoms with Gasteiger partial charge in [-0.2, -0.15) is 0 Å². The van der Waals surface area contributed by atoms with Crippen LogP contribution in [0.25, 0.3) is 0 Å². The van der Waals surface area contributed by atoms with Gasteiger partial charge >= 0.3 is 0 Å². The number of pyridine rings is 1. The van der Waals surface area contributed by atoms with Gasteiger partial charge < -0.3 is 20.8 Å². The van der Waals surface area contributed by atoms with Crippen molar-refractivity contribution in [3.8, 4) is 11.5 Å². The quantitative estimate of drug-likeness (QED) is 0.375. The number of rotatable bonds is 8. The molecule has 184 valence electrons. The third-order valence-corrected chi connectivity index (χ3v) is 6.26. The number of phenolic OH excluding ortho intramolecular Hbond substituents is 2. The Hall–Kier alpha value is -3.26. The Morgan fingerprint density at radius 3 is 2.40 bits per heavy atom. The van der Waals surface area contributed by atoms with Gasteiger partial charge in [-0.3, -0.25) is 14.9 Å². The van der Waals surface area contributed by atoms with Crippen LogP contribution in [0.5, 0.6) is 11.5 Å². The Balaban J connectivity index is 1.60.